The van der Waals surface area contributed by atoms with E-state index in [1.54, 1.807) is 18.2 Å². The summed E-state index contributed by atoms with van der Waals surface area (Å²) < 4.78 is 26.2. The van der Waals surface area contributed by atoms with Gasteiger partial charge in [-0.25, -0.2) is 8.78 Å². The van der Waals surface area contributed by atoms with Crippen molar-refractivity contribution in [3.8, 4) is 0 Å². The topological polar surface area (TPSA) is 29.3 Å². The Morgan fingerprint density at radius 2 is 1.61 bits per heavy atom. The lowest BCUT2D eigenvalue weighted by Crippen LogP contribution is -2.16. The molecule has 0 saturated carbocycles. The van der Waals surface area contributed by atoms with Crippen molar-refractivity contribution in [3.63, 3.8) is 0 Å². The molecule has 94 valence electrons. The Balaban J connectivity index is 2.41. The van der Waals surface area contributed by atoms with Crippen LogP contribution in [0.1, 0.15) is 6.92 Å². The second-order valence-corrected chi connectivity index (χ2v) is 3.96. The number of hydrogen-bond acceptors (Lipinski definition) is 2. The van der Waals surface area contributed by atoms with Crippen molar-refractivity contribution in [2.24, 2.45) is 0 Å². The zero-order valence-corrected chi connectivity index (χ0v) is 10.0. The van der Waals surface area contributed by atoms with E-state index in [0.717, 1.165) is 5.69 Å². The smallest absolute Gasteiger partial charge is 0.127 e. The van der Waals surface area contributed by atoms with Gasteiger partial charge in [-0.2, -0.15) is 0 Å². The molecule has 0 bridgehead atoms. The van der Waals surface area contributed by atoms with E-state index in [1.807, 2.05) is 11.8 Å². The van der Waals surface area contributed by atoms with Crippen molar-refractivity contribution in [2.75, 3.05) is 17.2 Å². The molecular weight excluding hydrogens is 234 g/mol. The number of hydrogen-bond donors (Lipinski definition) is 1. The molecule has 2 aromatic rings. The van der Waals surface area contributed by atoms with Gasteiger partial charge in [-0.1, -0.05) is 0 Å². The van der Waals surface area contributed by atoms with Gasteiger partial charge in [0.2, 0.25) is 0 Å². The van der Waals surface area contributed by atoms with Crippen molar-refractivity contribution in [1.29, 1.82) is 0 Å². The second kappa shape index (κ2) is 5.04. The second-order valence-electron chi connectivity index (χ2n) is 3.96. The summed E-state index contributed by atoms with van der Waals surface area (Å²) >= 11 is 0. The third kappa shape index (κ3) is 2.59. The summed E-state index contributed by atoms with van der Waals surface area (Å²) in [4.78, 5) is 1.86. The van der Waals surface area contributed by atoms with Crippen LogP contribution in [-0.2, 0) is 0 Å². The molecule has 0 unspecified atom stereocenters. The van der Waals surface area contributed by atoms with E-state index in [4.69, 9.17) is 5.73 Å². The summed E-state index contributed by atoms with van der Waals surface area (Å²) in [5.74, 6) is -0.681. The van der Waals surface area contributed by atoms with Gasteiger partial charge in [0.1, 0.15) is 11.6 Å². The van der Waals surface area contributed by atoms with E-state index in [9.17, 15) is 8.78 Å². The highest BCUT2D eigenvalue weighted by Crippen LogP contribution is 2.27. The summed E-state index contributed by atoms with van der Waals surface area (Å²) in [6.45, 7) is 2.57. The third-order valence-corrected chi connectivity index (χ3v) is 2.67. The van der Waals surface area contributed by atoms with Gasteiger partial charge < -0.3 is 10.6 Å². The number of halogens is 2. The van der Waals surface area contributed by atoms with E-state index >= 15 is 0 Å². The molecule has 0 amide bonds. The first-order chi connectivity index (χ1) is 8.60. The van der Waals surface area contributed by atoms with Gasteiger partial charge in [0.15, 0.2) is 0 Å². The van der Waals surface area contributed by atoms with Gasteiger partial charge >= 0.3 is 0 Å². The SMILES string of the molecule is CCN(c1ccc(F)cc1)c1cc(N)cc(F)c1. The molecule has 2 nitrogen and oxygen atoms in total. The lowest BCUT2D eigenvalue weighted by molar-refractivity contribution is 0.626. The summed E-state index contributed by atoms with van der Waals surface area (Å²) in [7, 11) is 0. The van der Waals surface area contributed by atoms with Crippen molar-refractivity contribution < 1.29 is 8.78 Å². The highest BCUT2D eigenvalue weighted by molar-refractivity contribution is 5.66. The van der Waals surface area contributed by atoms with Crippen molar-refractivity contribution in [3.05, 3.63) is 54.1 Å². The summed E-state index contributed by atoms with van der Waals surface area (Å²) in [6.07, 6.45) is 0. The molecule has 0 aliphatic rings. The number of benzene rings is 2. The molecule has 0 aliphatic carbocycles. The van der Waals surface area contributed by atoms with Gasteiger partial charge in [-0.3, -0.25) is 0 Å². The largest absolute Gasteiger partial charge is 0.399 e. The Hall–Kier alpha value is -2.10. The Morgan fingerprint density at radius 3 is 2.17 bits per heavy atom. The lowest BCUT2D eigenvalue weighted by Gasteiger charge is -2.23. The fourth-order valence-electron chi connectivity index (χ4n) is 1.89. The molecule has 0 aromatic heterocycles. The van der Waals surface area contributed by atoms with Crippen LogP contribution in [0.2, 0.25) is 0 Å². The van der Waals surface area contributed by atoms with Crippen LogP contribution in [0.25, 0.3) is 0 Å². The van der Waals surface area contributed by atoms with Crippen LogP contribution in [0.4, 0.5) is 25.8 Å². The molecule has 4 heteroatoms. The summed E-state index contributed by atoms with van der Waals surface area (Å²) in [5.41, 5.74) is 7.44. The number of anilines is 3. The zero-order chi connectivity index (χ0) is 13.1. The molecular formula is C14H14F2N2. The maximum atomic E-state index is 13.3. The predicted molar refractivity (Wildman–Crippen MR) is 69.9 cm³/mol. The van der Waals surface area contributed by atoms with Crippen LogP contribution >= 0.6 is 0 Å². The van der Waals surface area contributed by atoms with Gasteiger partial charge in [0, 0.05) is 23.6 Å². The molecule has 0 radical (unpaired) electrons. The maximum absolute atomic E-state index is 13.3. The standard InChI is InChI=1S/C14H14F2N2/c1-2-18(13-5-3-10(15)4-6-13)14-8-11(16)7-12(17)9-14/h3-9H,2,17H2,1H3. The van der Waals surface area contributed by atoms with Crippen LogP contribution in [0.5, 0.6) is 0 Å². The van der Waals surface area contributed by atoms with Gasteiger partial charge in [0.25, 0.3) is 0 Å². The number of nitrogens with zero attached hydrogens (tertiary/aromatic N) is 1. The minimum atomic E-state index is -0.384. The molecule has 0 fully saturated rings. The van der Waals surface area contributed by atoms with E-state index in [0.29, 0.717) is 17.9 Å². The van der Waals surface area contributed by atoms with E-state index in [1.165, 1.54) is 24.3 Å². The first-order valence-electron chi connectivity index (χ1n) is 5.69. The Bertz CT molecular complexity index is 518. The maximum Gasteiger partial charge on any atom is 0.127 e. The van der Waals surface area contributed by atoms with Gasteiger partial charge in [-0.15, -0.1) is 0 Å². The third-order valence-electron chi connectivity index (χ3n) is 2.67. The Kier molecular flexibility index (Phi) is 3.46. The number of nitrogen functional groups attached to an aromatic ring is 1. The van der Waals surface area contributed by atoms with Crippen LogP contribution < -0.4 is 10.6 Å². The molecule has 2 N–H and O–H groups in total. The Labute approximate surface area is 105 Å². The van der Waals surface area contributed by atoms with Crippen molar-refractivity contribution in [2.45, 2.75) is 6.92 Å². The monoisotopic (exact) mass is 248 g/mol. The molecule has 0 atom stereocenters. The van der Waals surface area contributed by atoms with Crippen LogP contribution in [0.15, 0.2) is 42.5 Å². The fraction of sp³-hybridized carbons (Fsp3) is 0.143. The highest BCUT2D eigenvalue weighted by Gasteiger charge is 2.09. The first-order valence-corrected chi connectivity index (χ1v) is 5.69. The quantitative estimate of drug-likeness (QED) is 0.839. The normalized spacial score (nSPS) is 10.4. The highest BCUT2D eigenvalue weighted by atomic mass is 19.1. The summed E-state index contributed by atoms with van der Waals surface area (Å²) in [5, 5.41) is 0. The molecule has 2 rings (SSSR count). The van der Waals surface area contributed by atoms with Crippen LogP contribution in [0, 0.1) is 11.6 Å². The molecule has 0 heterocycles. The minimum Gasteiger partial charge on any atom is -0.399 e. The Morgan fingerprint density at radius 1 is 0.944 bits per heavy atom. The zero-order valence-electron chi connectivity index (χ0n) is 10.0. The summed E-state index contributed by atoms with van der Waals surface area (Å²) in [6, 6.07) is 10.4. The minimum absolute atomic E-state index is 0.298. The first kappa shape index (κ1) is 12.4. The van der Waals surface area contributed by atoms with Crippen LogP contribution in [0.3, 0.4) is 0 Å². The predicted octanol–water partition coefficient (Wildman–Crippen LogP) is 3.71. The average molecular weight is 248 g/mol. The van der Waals surface area contributed by atoms with E-state index < -0.39 is 0 Å². The molecule has 0 spiro atoms. The van der Waals surface area contributed by atoms with E-state index in [-0.39, 0.29) is 11.6 Å². The molecule has 18 heavy (non-hydrogen) atoms. The molecule has 0 aliphatic heterocycles. The van der Waals surface area contributed by atoms with Crippen molar-refractivity contribution >= 4 is 17.1 Å². The number of nitrogens with two attached hydrogens (primary N) is 1. The van der Waals surface area contributed by atoms with Gasteiger partial charge in [-0.05, 0) is 49.4 Å². The fourth-order valence-corrected chi connectivity index (χ4v) is 1.89. The van der Waals surface area contributed by atoms with Crippen molar-refractivity contribution in [1.82, 2.24) is 0 Å². The van der Waals surface area contributed by atoms with Crippen LogP contribution in [-0.4, -0.2) is 6.54 Å². The average Bonchev–Trinajstić information content (AvgIpc) is 2.31. The number of rotatable bonds is 3. The van der Waals surface area contributed by atoms with Gasteiger partial charge in [0.05, 0.1) is 0 Å². The van der Waals surface area contributed by atoms with E-state index in [2.05, 4.69) is 0 Å². The lowest BCUT2D eigenvalue weighted by atomic mass is 10.2. The molecule has 0 saturated heterocycles. The molecule has 2 aromatic carbocycles.